The van der Waals surface area contributed by atoms with Gasteiger partial charge in [0.05, 0.1) is 4.90 Å². The molecular formula is C14H19ClF2N2O3S. The molecule has 0 spiro atoms. The van der Waals surface area contributed by atoms with Crippen LogP contribution in [0.4, 0.5) is 8.78 Å². The van der Waals surface area contributed by atoms with Crippen LogP contribution in [0, 0.1) is 5.92 Å². The van der Waals surface area contributed by atoms with Crippen LogP contribution in [0.2, 0.25) is 0 Å². The Kier molecular flexibility index (Phi) is 6.91. The molecule has 1 aliphatic heterocycles. The van der Waals surface area contributed by atoms with Crippen molar-refractivity contribution in [3.05, 3.63) is 29.8 Å². The number of hydrogen-bond donors (Lipinski definition) is 1. The lowest BCUT2D eigenvalue weighted by molar-refractivity contribution is 0.0787. The first kappa shape index (κ1) is 19.8. The minimum absolute atomic E-state index is 0. The fourth-order valence-electron chi connectivity index (χ4n) is 2.55. The first-order valence-corrected chi connectivity index (χ1v) is 8.47. The fourth-order valence-corrected chi connectivity index (χ4v) is 3.27. The number of amides is 1. The summed E-state index contributed by atoms with van der Waals surface area (Å²) < 4.78 is 47.6. The average molecular weight is 369 g/mol. The molecule has 1 amide bonds. The van der Waals surface area contributed by atoms with Crippen molar-refractivity contribution < 1.29 is 22.0 Å². The van der Waals surface area contributed by atoms with Gasteiger partial charge < -0.3 is 10.2 Å². The highest BCUT2D eigenvalue weighted by atomic mass is 35.5. The summed E-state index contributed by atoms with van der Waals surface area (Å²) in [5.74, 6) is -3.28. The molecule has 0 aliphatic carbocycles. The molecule has 0 radical (unpaired) electrons. The number of halogens is 3. The van der Waals surface area contributed by atoms with Crippen molar-refractivity contribution in [1.29, 1.82) is 0 Å². The summed E-state index contributed by atoms with van der Waals surface area (Å²) in [7, 11) is -2.77. The Labute approximate surface area is 140 Å². The third-order valence-corrected chi connectivity index (χ3v) is 5.13. The van der Waals surface area contributed by atoms with E-state index in [4.69, 9.17) is 0 Å². The van der Waals surface area contributed by atoms with Gasteiger partial charge in [-0.05, 0) is 50.2 Å². The molecule has 1 heterocycles. The predicted molar refractivity (Wildman–Crippen MR) is 84.8 cm³/mol. The van der Waals surface area contributed by atoms with E-state index in [9.17, 15) is 22.0 Å². The number of likely N-dealkylation sites (tertiary alicyclic amines) is 1. The molecule has 1 N–H and O–H groups in total. The normalized spacial score (nSPS) is 18.1. The number of hydrogen-bond acceptors (Lipinski definition) is 4. The van der Waals surface area contributed by atoms with Crippen LogP contribution in [0.3, 0.4) is 0 Å². The van der Waals surface area contributed by atoms with Crippen molar-refractivity contribution in [2.24, 2.45) is 5.92 Å². The lowest BCUT2D eigenvalue weighted by Gasteiger charge is -2.16. The number of benzene rings is 1. The minimum atomic E-state index is -4.62. The van der Waals surface area contributed by atoms with Crippen LogP contribution in [0.25, 0.3) is 0 Å². The maximum absolute atomic E-state index is 12.4. The quantitative estimate of drug-likeness (QED) is 0.860. The van der Waals surface area contributed by atoms with Crippen LogP contribution < -0.4 is 5.32 Å². The summed E-state index contributed by atoms with van der Waals surface area (Å²) >= 11 is 0. The second-order valence-electron chi connectivity index (χ2n) is 5.29. The maximum Gasteiger partial charge on any atom is 0.341 e. The Hall–Kier alpha value is -1.25. The van der Waals surface area contributed by atoms with E-state index in [2.05, 4.69) is 5.32 Å². The first-order chi connectivity index (χ1) is 10.4. The van der Waals surface area contributed by atoms with Crippen LogP contribution in [0.15, 0.2) is 29.2 Å². The molecular weight excluding hydrogens is 350 g/mol. The fraction of sp³-hybridized carbons (Fsp3) is 0.500. The van der Waals surface area contributed by atoms with Gasteiger partial charge in [-0.2, -0.15) is 8.78 Å². The molecule has 1 aliphatic rings. The maximum atomic E-state index is 12.4. The van der Waals surface area contributed by atoms with Crippen molar-refractivity contribution >= 4 is 28.2 Å². The van der Waals surface area contributed by atoms with E-state index in [1.54, 1.807) is 4.90 Å². The van der Waals surface area contributed by atoms with Crippen LogP contribution in [0.5, 0.6) is 0 Å². The SMILES string of the molecule is CNCC1CCN(C(=O)c2ccc(S(=O)(=O)C(F)F)cc2)C1.Cl. The molecule has 130 valence electrons. The van der Waals surface area contributed by atoms with Crippen molar-refractivity contribution in [2.75, 3.05) is 26.7 Å². The zero-order chi connectivity index (χ0) is 16.3. The molecule has 1 fully saturated rings. The van der Waals surface area contributed by atoms with Gasteiger partial charge in [0.1, 0.15) is 0 Å². The van der Waals surface area contributed by atoms with E-state index in [1.807, 2.05) is 7.05 Å². The number of nitrogens with zero attached hydrogens (tertiary/aromatic N) is 1. The van der Waals surface area contributed by atoms with Gasteiger partial charge >= 0.3 is 5.76 Å². The molecule has 1 aromatic carbocycles. The Morgan fingerprint density at radius 2 is 1.96 bits per heavy atom. The van der Waals surface area contributed by atoms with E-state index < -0.39 is 20.5 Å². The largest absolute Gasteiger partial charge is 0.341 e. The van der Waals surface area contributed by atoms with E-state index in [0.717, 1.165) is 25.1 Å². The number of sulfone groups is 1. The van der Waals surface area contributed by atoms with E-state index in [0.29, 0.717) is 24.6 Å². The minimum Gasteiger partial charge on any atom is -0.338 e. The molecule has 0 saturated carbocycles. The van der Waals surface area contributed by atoms with Crippen LogP contribution in [0.1, 0.15) is 16.8 Å². The van der Waals surface area contributed by atoms with Gasteiger partial charge in [-0.25, -0.2) is 8.42 Å². The zero-order valence-electron chi connectivity index (χ0n) is 12.5. The third kappa shape index (κ3) is 4.39. The molecule has 1 saturated heterocycles. The summed E-state index contributed by atoms with van der Waals surface area (Å²) in [6.07, 6.45) is 0.907. The number of rotatable bonds is 5. The van der Waals surface area contributed by atoms with Gasteiger partial charge in [-0.3, -0.25) is 4.79 Å². The van der Waals surface area contributed by atoms with Crippen molar-refractivity contribution in [2.45, 2.75) is 17.1 Å². The zero-order valence-corrected chi connectivity index (χ0v) is 14.2. The topological polar surface area (TPSA) is 66.5 Å². The summed E-state index contributed by atoms with van der Waals surface area (Å²) in [4.78, 5) is 13.5. The molecule has 5 nitrogen and oxygen atoms in total. The molecule has 2 rings (SSSR count). The molecule has 0 bridgehead atoms. The summed E-state index contributed by atoms with van der Waals surface area (Å²) in [5.41, 5.74) is 0.304. The van der Waals surface area contributed by atoms with E-state index in [-0.39, 0.29) is 18.3 Å². The second-order valence-corrected chi connectivity index (χ2v) is 7.21. The number of carbonyl (C=O) groups is 1. The first-order valence-electron chi connectivity index (χ1n) is 6.92. The second kappa shape index (κ2) is 8.03. The van der Waals surface area contributed by atoms with Crippen LogP contribution in [-0.4, -0.2) is 51.7 Å². The molecule has 0 aromatic heterocycles. The van der Waals surface area contributed by atoms with Gasteiger partial charge in [0.25, 0.3) is 5.91 Å². The van der Waals surface area contributed by atoms with Gasteiger partial charge in [-0.1, -0.05) is 0 Å². The highest BCUT2D eigenvalue weighted by Crippen LogP contribution is 2.21. The van der Waals surface area contributed by atoms with Crippen molar-refractivity contribution in [3.8, 4) is 0 Å². The summed E-state index contributed by atoms with van der Waals surface area (Å²) in [6, 6.07) is 4.66. The van der Waals surface area contributed by atoms with Gasteiger partial charge in [0.2, 0.25) is 9.84 Å². The third-order valence-electron chi connectivity index (χ3n) is 3.73. The number of carbonyl (C=O) groups excluding carboxylic acids is 1. The smallest absolute Gasteiger partial charge is 0.338 e. The van der Waals surface area contributed by atoms with Crippen LogP contribution >= 0.6 is 12.4 Å². The summed E-state index contributed by atoms with van der Waals surface area (Å²) in [5, 5.41) is 3.07. The summed E-state index contributed by atoms with van der Waals surface area (Å²) in [6.45, 7) is 2.11. The molecule has 1 unspecified atom stereocenters. The standard InChI is InChI=1S/C14H18F2N2O3S.ClH/c1-17-8-10-6-7-18(9-10)13(19)11-2-4-12(5-3-11)22(20,21)14(15)16;/h2-5,10,14,17H,6-9H2,1H3;1H. The Bertz CT molecular complexity index is 638. The Morgan fingerprint density at radius 1 is 1.35 bits per heavy atom. The molecule has 1 aromatic rings. The Morgan fingerprint density at radius 3 is 2.48 bits per heavy atom. The average Bonchev–Trinajstić information content (AvgIpc) is 2.95. The Balaban J connectivity index is 0.00000264. The molecule has 9 heteroatoms. The predicted octanol–water partition coefficient (Wildman–Crippen LogP) is 1.79. The van der Waals surface area contributed by atoms with Crippen LogP contribution in [-0.2, 0) is 9.84 Å². The highest BCUT2D eigenvalue weighted by molar-refractivity contribution is 7.91. The number of alkyl halides is 2. The van der Waals surface area contributed by atoms with Gasteiger partial charge in [-0.15, -0.1) is 12.4 Å². The lowest BCUT2D eigenvalue weighted by atomic mass is 10.1. The number of nitrogens with one attached hydrogen (secondary N) is 1. The monoisotopic (exact) mass is 368 g/mol. The van der Waals surface area contributed by atoms with Crippen molar-refractivity contribution in [3.63, 3.8) is 0 Å². The van der Waals surface area contributed by atoms with E-state index in [1.165, 1.54) is 12.1 Å². The molecule has 23 heavy (non-hydrogen) atoms. The van der Waals surface area contributed by atoms with Gasteiger partial charge in [0, 0.05) is 18.7 Å². The molecule has 1 atom stereocenters. The van der Waals surface area contributed by atoms with Gasteiger partial charge in [0.15, 0.2) is 0 Å². The van der Waals surface area contributed by atoms with E-state index >= 15 is 0 Å². The van der Waals surface area contributed by atoms with Crippen molar-refractivity contribution in [1.82, 2.24) is 10.2 Å². The highest BCUT2D eigenvalue weighted by Gasteiger charge is 2.28. The lowest BCUT2D eigenvalue weighted by Crippen LogP contribution is -2.30.